The molecule has 2 N–H and O–H groups in total. The largest absolute Gasteiger partial charge is 0.504 e. The predicted octanol–water partition coefficient (Wildman–Crippen LogP) is 3.85. The molecular formula is C15H12BrN3O2. The Morgan fingerprint density at radius 3 is 2.81 bits per heavy atom. The summed E-state index contributed by atoms with van der Waals surface area (Å²) in [5, 5.41) is 13.9. The molecule has 1 heterocycles. The van der Waals surface area contributed by atoms with Gasteiger partial charge in [-0.3, -0.25) is 0 Å². The van der Waals surface area contributed by atoms with Crippen LogP contribution in [0.5, 0.6) is 11.5 Å². The van der Waals surface area contributed by atoms with Gasteiger partial charge in [-0.05, 0) is 24.3 Å². The van der Waals surface area contributed by atoms with Gasteiger partial charge in [0, 0.05) is 21.6 Å². The number of nitrogens with zero attached hydrogens (tertiary/aromatic N) is 2. The second-order valence-corrected chi connectivity index (χ2v) is 5.31. The highest BCUT2D eigenvalue weighted by molar-refractivity contribution is 9.10. The molecule has 0 spiro atoms. The standard InChI is InChI=1S/C15H12BrN3O2/c1-21-14-7-12-11(6-13(14)20)15(18-8-17-12)19-10-4-2-3-9(16)5-10/h2-8,20H,1H3,(H,17,18,19)/i1-1. The van der Waals surface area contributed by atoms with Crippen molar-refractivity contribution in [1.29, 1.82) is 0 Å². The molecule has 2 aromatic carbocycles. The summed E-state index contributed by atoms with van der Waals surface area (Å²) in [5.74, 6) is 1.06. The van der Waals surface area contributed by atoms with E-state index in [9.17, 15) is 5.11 Å². The predicted molar refractivity (Wildman–Crippen MR) is 85.2 cm³/mol. The number of phenolic OH excluding ortho intramolecular Hbond substituents is 1. The minimum atomic E-state index is 0.0529. The Labute approximate surface area is 129 Å². The minimum absolute atomic E-state index is 0.0529. The van der Waals surface area contributed by atoms with Gasteiger partial charge < -0.3 is 15.2 Å². The van der Waals surface area contributed by atoms with E-state index in [1.54, 1.807) is 12.1 Å². The molecule has 5 nitrogen and oxygen atoms in total. The first-order valence-electron chi connectivity index (χ1n) is 6.21. The topological polar surface area (TPSA) is 67.3 Å². The molecule has 0 bridgehead atoms. The average Bonchev–Trinajstić information content (AvgIpc) is 2.47. The Hall–Kier alpha value is -2.34. The van der Waals surface area contributed by atoms with Crippen molar-refractivity contribution < 1.29 is 9.84 Å². The first-order valence-corrected chi connectivity index (χ1v) is 7.01. The lowest BCUT2D eigenvalue weighted by molar-refractivity contribution is 0.374. The fourth-order valence-electron chi connectivity index (χ4n) is 2.04. The van der Waals surface area contributed by atoms with Gasteiger partial charge in [-0.2, -0.15) is 0 Å². The maximum atomic E-state index is 9.93. The van der Waals surface area contributed by atoms with Gasteiger partial charge in [0.05, 0.1) is 12.6 Å². The van der Waals surface area contributed by atoms with Crippen molar-refractivity contribution in [2.45, 2.75) is 0 Å². The number of nitrogens with one attached hydrogen (secondary N) is 1. The Kier molecular flexibility index (Phi) is 3.62. The van der Waals surface area contributed by atoms with Crippen LogP contribution >= 0.6 is 15.9 Å². The van der Waals surface area contributed by atoms with Gasteiger partial charge in [0.15, 0.2) is 11.5 Å². The molecule has 106 valence electrons. The fourth-order valence-corrected chi connectivity index (χ4v) is 2.44. The summed E-state index contributed by atoms with van der Waals surface area (Å²) in [6, 6.07) is 11.0. The van der Waals surface area contributed by atoms with E-state index in [4.69, 9.17) is 4.74 Å². The third kappa shape index (κ3) is 2.75. The number of halogens is 1. The molecule has 0 aliphatic heterocycles. The number of benzene rings is 2. The number of hydrogen-bond acceptors (Lipinski definition) is 5. The Morgan fingerprint density at radius 2 is 2.05 bits per heavy atom. The second-order valence-electron chi connectivity index (χ2n) is 4.40. The zero-order valence-electron chi connectivity index (χ0n) is 11.2. The molecular weight excluding hydrogens is 333 g/mol. The summed E-state index contributed by atoms with van der Waals surface area (Å²) in [6.45, 7) is 0. The van der Waals surface area contributed by atoms with Crippen molar-refractivity contribution >= 4 is 38.3 Å². The van der Waals surface area contributed by atoms with Gasteiger partial charge >= 0.3 is 0 Å². The Balaban J connectivity index is 2.08. The number of fused-ring (bicyclic) bond motifs is 1. The van der Waals surface area contributed by atoms with Crippen molar-refractivity contribution in [2.24, 2.45) is 0 Å². The van der Waals surface area contributed by atoms with Gasteiger partial charge in [0.1, 0.15) is 12.1 Å². The van der Waals surface area contributed by atoms with Gasteiger partial charge in [0.2, 0.25) is 0 Å². The van der Waals surface area contributed by atoms with Crippen LogP contribution in [-0.4, -0.2) is 22.2 Å². The van der Waals surface area contributed by atoms with Crippen molar-refractivity contribution in [1.82, 2.24) is 9.97 Å². The number of hydrogen-bond donors (Lipinski definition) is 2. The van der Waals surface area contributed by atoms with E-state index in [1.165, 1.54) is 13.4 Å². The van der Waals surface area contributed by atoms with Gasteiger partial charge in [0.25, 0.3) is 0 Å². The molecule has 21 heavy (non-hydrogen) atoms. The summed E-state index contributed by atoms with van der Waals surface area (Å²) < 4.78 is 6.06. The molecule has 0 fully saturated rings. The second kappa shape index (κ2) is 5.57. The Bertz CT molecular complexity index is 808. The number of phenols is 1. The third-order valence-electron chi connectivity index (χ3n) is 3.02. The lowest BCUT2D eigenvalue weighted by Crippen LogP contribution is -1.96. The lowest BCUT2D eigenvalue weighted by atomic mass is 10.2. The summed E-state index contributed by atoms with van der Waals surface area (Å²) in [7, 11) is 1.50. The molecule has 0 aliphatic carbocycles. The van der Waals surface area contributed by atoms with Crippen LogP contribution in [0.3, 0.4) is 0 Å². The number of aromatic hydroxyl groups is 1. The summed E-state index contributed by atoms with van der Waals surface area (Å²) in [6.07, 6.45) is 1.47. The number of anilines is 2. The molecule has 3 aromatic rings. The smallest absolute Gasteiger partial charge is 0.162 e. The van der Waals surface area contributed by atoms with E-state index in [2.05, 4.69) is 31.2 Å². The van der Waals surface area contributed by atoms with Gasteiger partial charge in [-0.15, -0.1) is 0 Å². The van der Waals surface area contributed by atoms with Crippen LogP contribution in [0.1, 0.15) is 0 Å². The van der Waals surface area contributed by atoms with Gasteiger partial charge in [-0.25, -0.2) is 9.97 Å². The normalized spacial score (nSPS) is 10.6. The monoisotopic (exact) mass is 344 g/mol. The van der Waals surface area contributed by atoms with E-state index < -0.39 is 0 Å². The molecule has 0 saturated carbocycles. The van der Waals surface area contributed by atoms with E-state index in [0.29, 0.717) is 17.1 Å². The average molecular weight is 345 g/mol. The van der Waals surface area contributed by atoms with Crippen LogP contribution in [0.4, 0.5) is 11.5 Å². The highest BCUT2D eigenvalue weighted by Gasteiger charge is 2.09. The van der Waals surface area contributed by atoms with Crippen molar-refractivity contribution in [2.75, 3.05) is 12.4 Å². The van der Waals surface area contributed by atoms with Crippen LogP contribution in [0, 0.1) is 0 Å². The zero-order chi connectivity index (χ0) is 14.8. The van der Waals surface area contributed by atoms with Crippen LogP contribution in [-0.2, 0) is 0 Å². The Morgan fingerprint density at radius 1 is 1.19 bits per heavy atom. The van der Waals surface area contributed by atoms with Crippen molar-refractivity contribution in [3.63, 3.8) is 0 Å². The number of ether oxygens (including phenoxy) is 1. The lowest BCUT2D eigenvalue weighted by Gasteiger charge is -2.10. The summed E-state index contributed by atoms with van der Waals surface area (Å²) in [4.78, 5) is 8.44. The molecule has 6 heteroatoms. The zero-order valence-corrected chi connectivity index (χ0v) is 12.8. The van der Waals surface area contributed by atoms with Gasteiger partial charge in [-0.1, -0.05) is 22.0 Å². The quantitative estimate of drug-likeness (QED) is 0.755. The maximum absolute atomic E-state index is 9.93. The highest BCUT2D eigenvalue weighted by Crippen LogP contribution is 2.33. The molecule has 3 rings (SSSR count). The van der Waals surface area contributed by atoms with Crippen LogP contribution in [0.2, 0.25) is 0 Å². The first kappa shape index (κ1) is 13.6. The van der Waals surface area contributed by atoms with Crippen LogP contribution < -0.4 is 10.1 Å². The van der Waals surface area contributed by atoms with Crippen molar-refractivity contribution in [3.05, 3.63) is 47.2 Å². The van der Waals surface area contributed by atoms with E-state index >= 15 is 0 Å². The van der Waals surface area contributed by atoms with E-state index in [-0.39, 0.29) is 5.75 Å². The first-order chi connectivity index (χ1) is 10.2. The molecule has 0 radical (unpaired) electrons. The SMILES string of the molecule is [11CH3]Oc1cc2ncnc(Nc3cccc(Br)c3)c2cc1O. The number of methoxy groups -OCH3 is 1. The van der Waals surface area contributed by atoms with Crippen molar-refractivity contribution in [3.8, 4) is 11.5 Å². The van der Waals surface area contributed by atoms with Crippen LogP contribution in [0.25, 0.3) is 10.9 Å². The van der Waals surface area contributed by atoms with E-state index in [0.717, 1.165) is 15.5 Å². The highest BCUT2D eigenvalue weighted by atomic mass is 79.9. The third-order valence-corrected chi connectivity index (χ3v) is 3.52. The number of aromatic nitrogens is 2. The molecule has 0 amide bonds. The minimum Gasteiger partial charge on any atom is -0.504 e. The van der Waals surface area contributed by atoms with Crippen LogP contribution in [0.15, 0.2) is 47.2 Å². The molecule has 0 aliphatic rings. The van der Waals surface area contributed by atoms with E-state index in [1.807, 2.05) is 24.3 Å². The molecule has 0 atom stereocenters. The molecule has 0 saturated heterocycles. The molecule has 1 aromatic heterocycles. The number of rotatable bonds is 3. The summed E-state index contributed by atoms with van der Waals surface area (Å²) >= 11 is 3.43. The maximum Gasteiger partial charge on any atom is 0.162 e. The molecule has 0 unspecified atom stereocenters. The summed E-state index contributed by atoms with van der Waals surface area (Å²) in [5.41, 5.74) is 1.58. The fraction of sp³-hybridized carbons (Fsp3) is 0.0667.